The first kappa shape index (κ1) is 12.9. The summed E-state index contributed by atoms with van der Waals surface area (Å²) in [6, 6.07) is 9.09. The minimum absolute atomic E-state index is 0.0831. The Kier molecular flexibility index (Phi) is 3.66. The number of rotatable bonds is 3. The van der Waals surface area contributed by atoms with Crippen LogP contribution in [0.25, 0.3) is 0 Å². The maximum absolute atomic E-state index is 12.7. The Morgan fingerprint density at radius 1 is 1.16 bits per heavy atom. The maximum Gasteiger partial charge on any atom is 0.274 e. The molecule has 0 aliphatic carbocycles. The van der Waals surface area contributed by atoms with Gasteiger partial charge in [0.15, 0.2) is 5.78 Å². The van der Waals surface area contributed by atoms with E-state index in [1.54, 1.807) is 24.3 Å². The van der Waals surface area contributed by atoms with Gasteiger partial charge in [0.2, 0.25) is 0 Å². The zero-order chi connectivity index (χ0) is 13.8. The summed E-state index contributed by atoms with van der Waals surface area (Å²) in [5.41, 5.74) is 0.906. The van der Waals surface area contributed by atoms with Crippen LogP contribution in [0.1, 0.15) is 27.8 Å². The molecule has 1 aromatic carbocycles. The molecule has 0 spiro atoms. The van der Waals surface area contributed by atoms with Crippen molar-refractivity contribution in [2.75, 3.05) is 5.32 Å². The average molecular weight is 258 g/mol. The molecule has 19 heavy (non-hydrogen) atoms. The normalized spacial score (nSPS) is 10.0. The van der Waals surface area contributed by atoms with Gasteiger partial charge in [-0.15, -0.1) is 0 Å². The summed E-state index contributed by atoms with van der Waals surface area (Å²) in [5.74, 6) is -1.16. The van der Waals surface area contributed by atoms with Crippen LogP contribution in [0.2, 0.25) is 0 Å². The van der Waals surface area contributed by atoms with Gasteiger partial charge in [-0.2, -0.15) is 0 Å². The second-order valence-corrected chi connectivity index (χ2v) is 3.92. The fraction of sp³-hybridized carbons (Fsp3) is 0.0714. The van der Waals surface area contributed by atoms with Gasteiger partial charge >= 0.3 is 0 Å². The van der Waals surface area contributed by atoms with Gasteiger partial charge in [-0.25, -0.2) is 9.37 Å². The van der Waals surface area contributed by atoms with Gasteiger partial charge in [-0.1, -0.05) is 12.1 Å². The SMILES string of the molecule is CC(=O)c1ccccc1NC(=O)c1ccc(F)cn1. The number of pyridine rings is 1. The van der Waals surface area contributed by atoms with Crippen LogP contribution < -0.4 is 5.32 Å². The van der Waals surface area contributed by atoms with Gasteiger partial charge in [0.25, 0.3) is 5.91 Å². The van der Waals surface area contributed by atoms with Gasteiger partial charge in [-0.05, 0) is 31.2 Å². The summed E-state index contributed by atoms with van der Waals surface area (Å²) in [5, 5.41) is 2.58. The van der Waals surface area contributed by atoms with Crippen molar-refractivity contribution in [3.05, 3.63) is 59.7 Å². The number of aromatic nitrogens is 1. The molecule has 1 heterocycles. The van der Waals surface area contributed by atoms with Gasteiger partial charge in [0.1, 0.15) is 11.5 Å². The zero-order valence-electron chi connectivity index (χ0n) is 10.2. The van der Waals surface area contributed by atoms with Gasteiger partial charge in [-0.3, -0.25) is 9.59 Å². The molecular weight excluding hydrogens is 247 g/mol. The molecule has 0 fully saturated rings. The molecule has 0 unspecified atom stereocenters. The quantitative estimate of drug-likeness (QED) is 0.861. The summed E-state index contributed by atoms with van der Waals surface area (Å²) in [7, 11) is 0. The number of Topliss-reactive ketones (excluding diaryl/α,β-unsaturated/α-hetero) is 1. The summed E-state index contributed by atoms with van der Waals surface area (Å²) in [6.07, 6.45) is 0.964. The highest BCUT2D eigenvalue weighted by molar-refractivity contribution is 6.08. The Labute approximate surface area is 109 Å². The molecule has 2 rings (SSSR count). The zero-order valence-corrected chi connectivity index (χ0v) is 10.2. The van der Waals surface area contributed by atoms with Crippen LogP contribution in [-0.2, 0) is 0 Å². The number of nitrogens with zero attached hydrogens (tertiary/aromatic N) is 1. The number of hydrogen-bond acceptors (Lipinski definition) is 3. The van der Waals surface area contributed by atoms with E-state index in [1.165, 1.54) is 13.0 Å². The van der Waals surface area contributed by atoms with E-state index in [0.29, 0.717) is 11.3 Å². The number of halogens is 1. The van der Waals surface area contributed by atoms with E-state index in [1.807, 2.05) is 0 Å². The Bertz CT molecular complexity index is 624. The Morgan fingerprint density at radius 3 is 2.53 bits per heavy atom. The molecule has 1 N–H and O–H groups in total. The second kappa shape index (κ2) is 5.39. The molecule has 0 aliphatic heterocycles. The van der Waals surface area contributed by atoms with E-state index in [0.717, 1.165) is 12.3 Å². The van der Waals surface area contributed by atoms with Crippen molar-refractivity contribution in [1.29, 1.82) is 0 Å². The number of carbonyl (C=O) groups excluding carboxylic acids is 2. The number of para-hydroxylation sites is 1. The van der Waals surface area contributed by atoms with Crippen molar-refractivity contribution in [3.8, 4) is 0 Å². The van der Waals surface area contributed by atoms with Gasteiger partial charge < -0.3 is 5.32 Å². The number of benzene rings is 1. The fourth-order valence-corrected chi connectivity index (χ4v) is 1.60. The van der Waals surface area contributed by atoms with Crippen molar-refractivity contribution >= 4 is 17.4 Å². The van der Waals surface area contributed by atoms with Crippen LogP contribution in [-0.4, -0.2) is 16.7 Å². The number of nitrogens with one attached hydrogen (secondary N) is 1. The van der Waals surface area contributed by atoms with Crippen molar-refractivity contribution in [2.45, 2.75) is 6.92 Å². The topological polar surface area (TPSA) is 59.1 Å². The standard InChI is InChI=1S/C14H11FN2O2/c1-9(18)11-4-2-3-5-12(11)17-14(19)13-7-6-10(15)8-16-13/h2-8H,1H3,(H,17,19). The van der Waals surface area contributed by atoms with Crippen LogP contribution in [0.15, 0.2) is 42.6 Å². The van der Waals surface area contributed by atoms with Crippen molar-refractivity contribution in [2.24, 2.45) is 0 Å². The van der Waals surface area contributed by atoms with Crippen molar-refractivity contribution < 1.29 is 14.0 Å². The Hall–Kier alpha value is -2.56. The molecule has 1 amide bonds. The maximum atomic E-state index is 12.7. The summed E-state index contributed by atoms with van der Waals surface area (Å²) >= 11 is 0. The molecule has 0 saturated carbocycles. The first-order valence-corrected chi connectivity index (χ1v) is 5.61. The van der Waals surface area contributed by atoms with Crippen LogP contribution in [0.5, 0.6) is 0 Å². The third-order valence-corrected chi connectivity index (χ3v) is 2.51. The average Bonchev–Trinajstić information content (AvgIpc) is 2.39. The molecule has 0 atom stereocenters. The molecule has 0 aliphatic rings. The molecule has 1 aromatic heterocycles. The van der Waals surface area contributed by atoms with Gasteiger partial charge in [0.05, 0.1) is 11.9 Å². The lowest BCUT2D eigenvalue weighted by Crippen LogP contribution is -2.15. The fourth-order valence-electron chi connectivity index (χ4n) is 1.60. The monoisotopic (exact) mass is 258 g/mol. The number of ketones is 1. The first-order chi connectivity index (χ1) is 9.08. The van der Waals surface area contributed by atoms with E-state index in [9.17, 15) is 14.0 Å². The Morgan fingerprint density at radius 2 is 1.89 bits per heavy atom. The third-order valence-electron chi connectivity index (χ3n) is 2.51. The van der Waals surface area contributed by atoms with E-state index >= 15 is 0 Å². The van der Waals surface area contributed by atoms with Crippen LogP contribution >= 0.6 is 0 Å². The molecule has 0 saturated heterocycles. The van der Waals surface area contributed by atoms with E-state index in [2.05, 4.69) is 10.3 Å². The smallest absolute Gasteiger partial charge is 0.274 e. The van der Waals surface area contributed by atoms with Crippen molar-refractivity contribution in [3.63, 3.8) is 0 Å². The molecule has 4 nitrogen and oxygen atoms in total. The lowest BCUT2D eigenvalue weighted by Gasteiger charge is -2.08. The first-order valence-electron chi connectivity index (χ1n) is 5.61. The predicted octanol–water partition coefficient (Wildman–Crippen LogP) is 2.68. The molecule has 0 bridgehead atoms. The largest absolute Gasteiger partial charge is 0.320 e. The summed E-state index contributed by atoms with van der Waals surface area (Å²) < 4.78 is 12.7. The van der Waals surface area contributed by atoms with Gasteiger partial charge in [0, 0.05) is 5.56 Å². The summed E-state index contributed by atoms with van der Waals surface area (Å²) in [6.45, 7) is 1.42. The molecule has 2 aromatic rings. The van der Waals surface area contributed by atoms with E-state index in [-0.39, 0.29) is 11.5 Å². The minimum atomic E-state index is -0.513. The minimum Gasteiger partial charge on any atom is -0.320 e. The van der Waals surface area contributed by atoms with Crippen LogP contribution in [0.4, 0.5) is 10.1 Å². The lowest BCUT2D eigenvalue weighted by molar-refractivity contribution is 0.101. The highest BCUT2D eigenvalue weighted by atomic mass is 19.1. The second-order valence-electron chi connectivity index (χ2n) is 3.92. The predicted molar refractivity (Wildman–Crippen MR) is 68.6 cm³/mol. The number of carbonyl (C=O) groups is 2. The molecule has 0 radical (unpaired) electrons. The highest BCUT2D eigenvalue weighted by Gasteiger charge is 2.12. The third kappa shape index (κ3) is 3.01. The molecule has 5 heteroatoms. The van der Waals surface area contributed by atoms with Crippen LogP contribution in [0, 0.1) is 5.82 Å². The Balaban J connectivity index is 2.24. The lowest BCUT2D eigenvalue weighted by atomic mass is 10.1. The number of amides is 1. The molecular formula is C14H11FN2O2. The summed E-state index contributed by atoms with van der Waals surface area (Å²) in [4.78, 5) is 27.0. The molecule has 96 valence electrons. The van der Waals surface area contributed by atoms with E-state index in [4.69, 9.17) is 0 Å². The number of hydrogen-bond donors (Lipinski definition) is 1. The van der Waals surface area contributed by atoms with Crippen LogP contribution in [0.3, 0.4) is 0 Å². The van der Waals surface area contributed by atoms with Crippen molar-refractivity contribution in [1.82, 2.24) is 4.98 Å². The number of anilines is 1. The van der Waals surface area contributed by atoms with E-state index < -0.39 is 11.7 Å². The highest BCUT2D eigenvalue weighted by Crippen LogP contribution is 2.16.